The van der Waals surface area contributed by atoms with Gasteiger partial charge in [0, 0.05) is 24.0 Å². The molecule has 0 radical (unpaired) electrons. The fourth-order valence-electron chi connectivity index (χ4n) is 3.19. The van der Waals surface area contributed by atoms with E-state index < -0.39 is 24.0 Å². The third-order valence-corrected chi connectivity index (χ3v) is 4.80. The quantitative estimate of drug-likeness (QED) is 0.751. The summed E-state index contributed by atoms with van der Waals surface area (Å²) < 4.78 is 7.40. The van der Waals surface area contributed by atoms with E-state index >= 15 is 0 Å². The Morgan fingerprint density at radius 1 is 1.18 bits per heavy atom. The summed E-state index contributed by atoms with van der Waals surface area (Å²) in [5.74, 6) is -1.23. The van der Waals surface area contributed by atoms with Crippen molar-refractivity contribution in [1.82, 2.24) is 15.2 Å². The highest BCUT2D eigenvalue weighted by Crippen LogP contribution is 2.38. The number of carbonyl (C=O) groups excluding carboxylic acids is 3. The normalized spacial score (nSPS) is 14.2. The monoisotopic (exact) mass is 383 g/mol. The lowest BCUT2D eigenvalue weighted by atomic mass is 10.2. The lowest BCUT2D eigenvalue weighted by molar-refractivity contribution is -0.127. The highest BCUT2D eigenvalue weighted by molar-refractivity contribution is 5.98. The van der Waals surface area contributed by atoms with Crippen LogP contribution >= 0.6 is 0 Å². The number of hydrogen-bond donors (Lipinski definition) is 2. The van der Waals surface area contributed by atoms with E-state index in [1.165, 1.54) is 6.92 Å². The molecule has 1 atom stereocenters. The predicted molar refractivity (Wildman–Crippen MR) is 104 cm³/mol. The molecule has 3 amide bonds. The molecule has 1 unspecified atom stereocenters. The number of nitrogens with one attached hydrogen (secondary N) is 2. The van der Waals surface area contributed by atoms with E-state index in [1.54, 1.807) is 6.07 Å². The highest BCUT2D eigenvalue weighted by atomic mass is 16.5. The van der Waals surface area contributed by atoms with E-state index in [1.807, 2.05) is 44.2 Å². The SMILES string of the molecule is Cc1cc(C(=O)OC(C)C(=O)NC(=O)NCc2ccccc2)c(C)n1C1CC1. The molecule has 2 aromatic rings. The number of amides is 3. The first kappa shape index (κ1) is 19.7. The van der Waals surface area contributed by atoms with Gasteiger partial charge in [0.1, 0.15) is 0 Å². The van der Waals surface area contributed by atoms with Crippen LogP contribution in [0.2, 0.25) is 0 Å². The average molecular weight is 383 g/mol. The van der Waals surface area contributed by atoms with Gasteiger partial charge in [0.05, 0.1) is 5.56 Å². The molecular formula is C21H25N3O4. The van der Waals surface area contributed by atoms with Gasteiger partial charge in [0.2, 0.25) is 0 Å². The molecule has 0 spiro atoms. The second-order valence-electron chi connectivity index (χ2n) is 7.09. The van der Waals surface area contributed by atoms with Crippen molar-refractivity contribution < 1.29 is 19.1 Å². The molecular weight excluding hydrogens is 358 g/mol. The number of carbonyl (C=O) groups is 3. The summed E-state index contributed by atoms with van der Waals surface area (Å²) in [4.78, 5) is 36.5. The maximum atomic E-state index is 12.5. The number of nitrogens with zero attached hydrogens (tertiary/aromatic N) is 1. The predicted octanol–water partition coefficient (Wildman–Crippen LogP) is 3.01. The van der Waals surface area contributed by atoms with Crippen molar-refractivity contribution in [3.63, 3.8) is 0 Å². The fraction of sp³-hybridized carbons (Fsp3) is 0.381. The van der Waals surface area contributed by atoms with Crippen LogP contribution in [0.5, 0.6) is 0 Å². The molecule has 1 aromatic heterocycles. The lowest BCUT2D eigenvalue weighted by Crippen LogP contribution is -2.44. The van der Waals surface area contributed by atoms with Crippen molar-refractivity contribution in [2.45, 2.75) is 52.3 Å². The van der Waals surface area contributed by atoms with Gasteiger partial charge in [0.15, 0.2) is 6.10 Å². The number of benzene rings is 1. The van der Waals surface area contributed by atoms with Crippen molar-refractivity contribution in [2.75, 3.05) is 0 Å². The molecule has 1 saturated carbocycles. The van der Waals surface area contributed by atoms with Gasteiger partial charge >= 0.3 is 12.0 Å². The van der Waals surface area contributed by atoms with Crippen LogP contribution in [-0.4, -0.2) is 28.6 Å². The second kappa shape index (κ2) is 8.29. The van der Waals surface area contributed by atoms with Gasteiger partial charge in [-0.3, -0.25) is 10.1 Å². The maximum absolute atomic E-state index is 12.5. The van der Waals surface area contributed by atoms with Gasteiger partial charge in [-0.1, -0.05) is 30.3 Å². The number of hydrogen-bond acceptors (Lipinski definition) is 4. The molecule has 7 nitrogen and oxygen atoms in total. The molecule has 7 heteroatoms. The molecule has 1 heterocycles. The molecule has 1 fully saturated rings. The first-order chi connectivity index (χ1) is 13.4. The fourth-order valence-corrected chi connectivity index (χ4v) is 3.19. The number of imide groups is 1. The van der Waals surface area contributed by atoms with E-state index in [2.05, 4.69) is 15.2 Å². The molecule has 148 valence electrons. The summed E-state index contributed by atoms with van der Waals surface area (Å²) in [5.41, 5.74) is 3.22. The standard InChI is InChI=1S/C21H25N3O4/c1-13-11-18(14(2)24(13)17-9-10-17)20(26)28-15(3)19(25)23-21(27)22-12-16-7-5-4-6-8-16/h4-8,11,15,17H,9-10,12H2,1-3H3,(H2,22,23,25,27). The molecule has 2 N–H and O–H groups in total. The van der Waals surface area contributed by atoms with E-state index in [0.717, 1.165) is 29.8 Å². The number of urea groups is 1. The Hall–Kier alpha value is -3.09. The van der Waals surface area contributed by atoms with Gasteiger partial charge in [-0.25, -0.2) is 9.59 Å². The van der Waals surface area contributed by atoms with Crippen LogP contribution in [0.4, 0.5) is 4.79 Å². The second-order valence-corrected chi connectivity index (χ2v) is 7.09. The molecule has 1 aromatic carbocycles. The third-order valence-electron chi connectivity index (χ3n) is 4.80. The number of ether oxygens (including phenoxy) is 1. The molecule has 3 rings (SSSR count). The van der Waals surface area contributed by atoms with Crippen LogP contribution < -0.4 is 10.6 Å². The van der Waals surface area contributed by atoms with E-state index in [0.29, 0.717) is 18.2 Å². The van der Waals surface area contributed by atoms with E-state index in [9.17, 15) is 14.4 Å². The van der Waals surface area contributed by atoms with Crippen molar-refractivity contribution in [1.29, 1.82) is 0 Å². The van der Waals surface area contributed by atoms with Crippen LogP contribution in [-0.2, 0) is 16.1 Å². The molecule has 1 aliphatic rings. The summed E-state index contributed by atoms with van der Waals surface area (Å²) >= 11 is 0. The zero-order chi connectivity index (χ0) is 20.3. The summed E-state index contributed by atoms with van der Waals surface area (Å²) in [6, 6.07) is 10.9. The average Bonchev–Trinajstić information content (AvgIpc) is 3.45. The van der Waals surface area contributed by atoms with Gasteiger partial charge in [-0.15, -0.1) is 0 Å². The van der Waals surface area contributed by atoms with Crippen LogP contribution in [0, 0.1) is 13.8 Å². The van der Waals surface area contributed by atoms with Crippen LogP contribution in [0.15, 0.2) is 36.4 Å². The number of aryl methyl sites for hydroxylation is 1. The lowest BCUT2D eigenvalue weighted by Gasteiger charge is -2.14. The maximum Gasteiger partial charge on any atom is 0.340 e. The third kappa shape index (κ3) is 4.60. The largest absolute Gasteiger partial charge is 0.449 e. The zero-order valence-electron chi connectivity index (χ0n) is 16.3. The number of aromatic nitrogens is 1. The van der Waals surface area contributed by atoms with Crippen molar-refractivity contribution in [3.8, 4) is 0 Å². The number of rotatable bonds is 6. The Bertz CT molecular complexity index is 885. The topological polar surface area (TPSA) is 89.4 Å². The van der Waals surface area contributed by atoms with E-state index in [-0.39, 0.29) is 0 Å². The van der Waals surface area contributed by atoms with Crippen LogP contribution in [0.3, 0.4) is 0 Å². The van der Waals surface area contributed by atoms with Crippen molar-refractivity contribution in [2.24, 2.45) is 0 Å². The van der Waals surface area contributed by atoms with Gasteiger partial charge in [0.25, 0.3) is 5.91 Å². The number of esters is 1. The molecule has 0 saturated heterocycles. The Labute approximate surface area is 164 Å². The molecule has 1 aliphatic carbocycles. The minimum absolute atomic E-state index is 0.293. The van der Waals surface area contributed by atoms with E-state index in [4.69, 9.17) is 4.74 Å². The highest BCUT2D eigenvalue weighted by Gasteiger charge is 2.30. The molecule has 0 bridgehead atoms. The molecule has 0 aliphatic heterocycles. The van der Waals surface area contributed by atoms with Gasteiger partial charge in [-0.05, 0) is 45.2 Å². The first-order valence-corrected chi connectivity index (χ1v) is 9.39. The summed E-state index contributed by atoms with van der Waals surface area (Å²) in [7, 11) is 0. The minimum atomic E-state index is -1.08. The Balaban J connectivity index is 1.51. The summed E-state index contributed by atoms with van der Waals surface area (Å²) in [6.07, 6.45) is 1.14. The Morgan fingerprint density at radius 2 is 1.86 bits per heavy atom. The van der Waals surface area contributed by atoms with Gasteiger partial charge < -0.3 is 14.6 Å². The smallest absolute Gasteiger partial charge is 0.340 e. The zero-order valence-corrected chi connectivity index (χ0v) is 16.3. The first-order valence-electron chi connectivity index (χ1n) is 9.39. The molecule has 28 heavy (non-hydrogen) atoms. The van der Waals surface area contributed by atoms with Crippen molar-refractivity contribution in [3.05, 3.63) is 58.9 Å². The van der Waals surface area contributed by atoms with Crippen molar-refractivity contribution >= 4 is 17.9 Å². The summed E-state index contributed by atoms with van der Waals surface area (Å²) in [6.45, 7) is 5.57. The summed E-state index contributed by atoms with van der Waals surface area (Å²) in [5, 5.41) is 4.79. The van der Waals surface area contributed by atoms with Crippen LogP contribution in [0.25, 0.3) is 0 Å². The minimum Gasteiger partial charge on any atom is -0.449 e. The Kier molecular flexibility index (Phi) is 5.82. The Morgan fingerprint density at radius 3 is 2.50 bits per heavy atom. The van der Waals surface area contributed by atoms with Crippen LogP contribution in [0.1, 0.15) is 53.1 Å². The van der Waals surface area contributed by atoms with Gasteiger partial charge in [-0.2, -0.15) is 0 Å².